The van der Waals surface area contributed by atoms with Gasteiger partial charge in [-0.15, -0.1) is 0 Å². The molecule has 0 aliphatic carbocycles. The van der Waals surface area contributed by atoms with Crippen molar-refractivity contribution in [1.82, 2.24) is 20.9 Å². The number of hydrogen-bond donors (Lipinski definition) is 4. The Morgan fingerprint density at radius 1 is 1.16 bits per heavy atom. The molecule has 174 valence electrons. The van der Waals surface area contributed by atoms with E-state index in [-0.39, 0.29) is 12.5 Å². The van der Waals surface area contributed by atoms with E-state index in [4.69, 9.17) is 0 Å². The third-order valence-corrected chi connectivity index (χ3v) is 6.45. The number of nitrogens with one attached hydrogen (secondary N) is 4. The van der Waals surface area contributed by atoms with Gasteiger partial charge in [-0.3, -0.25) is 24.6 Å². The third kappa shape index (κ3) is 4.44. The van der Waals surface area contributed by atoms with Gasteiger partial charge in [-0.05, 0) is 31.9 Å². The highest BCUT2D eigenvalue weighted by atomic mass is 19.4. The average molecular weight is 453 g/mol. The zero-order chi connectivity index (χ0) is 23.0. The summed E-state index contributed by atoms with van der Waals surface area (Å²) in [5.74, 6) is -3.71. The van der Waals surface area contributed by atoms with E-state index in [1.54, 1.807) is 0 Å². The number of rotatable bonds is 3. The number of carbonyl (C=O) groups excluding carboxylic acids is 3. The Morgan fingerprint density at radius 2 is 1.91 bits per heavy atom. The van der Waals surface area contributed by atoms with Crippen molar-refractivity contribution in [3.8, 4) is 0 Å². The predicted molar refractivity (Wildman–Crippen MR) is 109 cm³/mol. The highest BCUT2D eigenvalue weighted by Crippen LogP contribution is 2.36. The average Bonchev–Trinajstić information content (AvgIpc) is 2.72. The summed E-state index contributed by atoms with van der Waals surface area (Å²) in [6.45, 7) is 2.84. The van der Waals surface area contributed by atoms with Crippen LogP contribution in [0.2, 0.25) is 0 Å². The molecule has 5 atom stereocenters. The van der Waals surface area contributed by atoms with Gasteiger partial charge in [-0.1, -0.05) is 18.6 Å². The molecule has 3 amide bonds. The first kappa shape index (κ1) is 22.5. The van der Waals surface area contributed by atoms with Crippen LogP contribution >= 0.6 is 0 Å². The molecule has 3 aliphatic heterocycles. The molecule has 0 spiro atoms. The molecule has 3 saturated heterocycles. The normalized spacial score (nSPS) is 31.3. The number of carbonyl (C=O) groups is 3. The van der Waals surface area contributed by atoms with Crippen LogP contribution in [0.5, 0.6) is 0 Å². The number of fused-ring (bicyclic) bond motifs is 1. The van der Waals surface area contributed by atoms with Crippen LogP contribution in [-0.2, 0) is 20.6 Å². The van der Waals surface area contributed by atoms with Crippen molar-refractivity contribution in [2.24, 2.45) is 11.8 Å². The van der Waals surface area contributed by atoms with Gasteiger partial charge < -0.3 is 16.0 Å². The largest absolute Gasteiger partial charge is 0.418 e. The van der Waals surface area contributed by atoms with E-state index in [1.807, 2.05) is 0 Å². The van der Waals surface area contributed by atoms with E-state index >= 15 is 0 Å². The molecule has 0 saturated carbocycles. The lowest BCUT2D eigenvalue weighted by molar-refractivity contribution is -0.148. The summed E-state index contributed by atoms with van der Waals surface area (Å²) in [7, 11) is 0. The molecule has 0 aromatic heterocycles. The summed E-state index contributed by atoms with van der Waals surface area (Å²) >= 11 is 0. The first-order valence-electron chi connectivity index (χ1n) is 10.7. The van der Waals surface area contributed by atoms with Gasteiger partial charge >= 0.3 is 6.18 Å². The summed E-state index contributed by atoms with van der Waals surface area (Å²) in [5.41, 5.74) is -1.40. The Balaban J connectivity index is 1.53. The minimum atomic E-state index is -4.65. The number of alkyl halides is 3. The molecule has 0 radical (unpaired) electrons. The Hall–Kier alpha value is -2.66. The zero-order valence-electron chi connectivity index (χ0n) is 17.5. The maximum absolute atomic E-state index is 13.3. The summed E-state index contributed by atoms with van der Waals surface area (Å²) in [6, 6.07) is 4.85. The van der Waals surface area contributed by atoms with E-state index in [0.29, 0.717) is 0 Å². The summed E-state index contributed by atoms with van der Waals surface area (Å²) in [5, 5.41) is 11.1. The Bertz CT molecular complexity index is 909. The van der Waals surface area contributed by atoms with Crippen LogP contribution < -0.4 is 21.3 Å². The van der Waals surface area contributed by atoms with Crippen molar-refractivity contribution >= 4 is 23.4 Å². The predicted octanol–water partition coefficient (Wildman–Crippen LogP) is 1.60. The van der Waals surface area contributed by atoms with Gasteiger partial charge in [0.1, 0.15) is 6.29 Å². The number of likely N-dealkylation sites (tertiary alicyclic amines) is 1. The van der Waals surface area contributed by atoms with E-state index in [9.17, 15) is 27.6 Å². The second kappa shape index (κ2) is 8.70. The van der Waals surface area contributed by atoms with Crippen molar-refractivity contribution in [2.75, 3.05) is 11.9 Å². The lowest BCUT2D eigenvalue weighted by atomic mass is 9.81. The maximum Gasteiger partial charge on any atom is 0.418 e. The smallest absolute Gasteiger partial charge is 0.340 e. The summed E-state index contributed by atoms with van der Waals surface area (Å²) in [6.07, 6.45) is -3.16. The number of anilines is 1. The van der Waals surface area contributed by atoms with Crippen LogP contribution in [0.3, 0.4) is 0 Å². The monoisotopic (exact) mass is 453 g/mol. The number of halogens is 3. The molecule has 4 rings (SSSR count). The Labute approximate surface area is 183 Å². The number of piperidine rings is 2. The van der Waals surface area contributed by atoms with E-state index < -0.39 is 59.4 Å². The molecule has 11 heteroatoms. The van der Waals surface area contributed by atoms with Gasteiger partial charge in [-0.25, -0.2) is 0 Å². The third-order valence-electron chi connectivity index (χ3n) is 6.45. The van der Waals surface area contributed by atoms with Crippen molar-refractivity contribution in [1.29, 1.82) is 0 Å². The topological polar surface area (TPSA) is 103 Å². The first-order chi connectivity index (χ1) is 15.1. The highest BCUT2D eigenvalue weighted by molar-refractivity contribution is 6.00. The number of hydrogen-bond acceptors (Lipinski definition) is 5. The number of para-hydroxylation sites is 1. The van der Waals surface area contributed by atoms with Crippen LogP contribution in [0.25, 0.3) is 0 Å². The van der Waals surface area contributed by atoms with E-state index in [1.165, 1.54) is 12.1 Å². The summed E-state index contributed by atoms with van der Waals surface area (Å²) in [4.78, 5) is 40.4. The molecule has 3 fully saturated rings. The standard InChI is InChI=1S/C21H26F3N5O3/c1-11-6-4-5-9-29(11)20-27-17-16(19(32)28-20)12(10-15(30)26-17)18(31)25-14-8-3-2-7-13(14)21(22,23)24/h2-3,7-8,11-12,16-17,20,27H,4-6,9-10H2,1H3,(H,25,31)(H,26,30)(H,28,32). The van der Waals surface area contributed by atoms with Crippen molar-refractivity contribution < 1.29 is 27.6 Å². The van der Waals surface area contributed by atoms with Gasteiger partial charge in [0.25, 0.3) is 0 Å². The molecule has 8 nitrogen and oxygen atoms in total. The highest BCUT2D eigenvalue weighted by Gasteiger charge is 2.50. The van der Waals surface area contributed by atoms with Gasteiger partial charge in [0.2, 0.25) is 17.7 Å². The molecule has 32 heavy (non-hydrogen) atoms. The maximum atomic E-state index is 13.3. The molecule has 1 aromatic carbocycles. The van der Waals surface area contributed by atoms with Gasteiger partial charge in [0.15, 0.2) is 0 Å². The van der Waals surface area contributed by atoms with E-state index in [2.05, 4.69) is 33.1 Å². The lowest BCUT2D eigenvalue weighted by Crippen LogP contribution is -2.75. The van der Waals surface area contributed by atoms with Crippen molar-refractivity contribution in [3.63, 3.8) is 0 Å². The van der Waals surface area contributed by atoms with Crippen LogP contribution in [0.15, 0.2) is 24.3 Å². The van der Waals surface area contributed by atoms with Crippen LogP contribution in [0, 0.1) is 11.8 Å². The minimum Gasteiger partial charge on any atom is -0.340 e. The number of nitrogens with zero attached hydrogens (tertiary/aromatic N) is 1. The van der Waals surface area contributed by atoms with Crippen LogP contribution in [0.4, 0.5) is 18.9 Å². The van der Waals surface area contributed by atoms with Gasteiger partial charge in [0, 0.05) is 19.0 Å². The number of amides is 3. The molecule has 5 unspecified atom stereocenters. The molecule has 4 N–H and O–H groups in total. The quantitative estimate of drug-likeness (QED) is 0.557. The second-order valence-electron chi connectivity index (χ2n) is 8.57. The first-order valence-corrected chi connectivity index (χ1v) is 10.7. The van der Waals surface area contributed by atoms with E-state index in [0.717, 1.165) is 37.9 Å². The SMILES string of the molecule is CC1CCCCN1C1NC(=O)C2C(NC(=O)CC2C(=O)Nc2ccccc2C(F)(F)F)N1. The fourth-order valence-electron chi connectivity index (χ4n) is 4.81. The lowest BCUT2D eigenvalue weighted by Gasteiger charge is -2.48. The van der Waals surface area contributed by atoms with Crippen molar-refractivity contribution in [2.45, 2.75) is 57.3 Å². The van der Waals surface area contributed by atoms with Crippen LogP contribution in [0.1, 0.15) is 38.2 Å². The molecule has 0 bridgehead atoms. The molecular formula is C21H26F3N5O3. The number of benzene rings is 1. The molecular weight excluding hydrogens is 427 g/mol. The Kier molecular flexibility index (Phi) is 6.13. The Morgan fingerprint density at radius 3 is 2.62 bits per heavy atom. The molecule has 3 heterocycles. The van der Waals surface area contributed by atoms with Crippen LogP contribution in [-0.4, -0.2) is 47.7 Å². The van der Waals surface area contributed by atoms with Crippen molar-refractivity contribution in [3.05, 3.63) is 29.8 Å². The van der Waals surface area contributed by atoms with Gasteiger partial charge in [0.05, 0.1) is 29.3 Å². The zero-order valence-corrected chi connectivity index (χ0v) is 17.5. The second-order valence-corrected chi connectivity index (χ2v) is 8.57. The fraction of sp³-hybridized carbons (Fsp3) is 0.571. The minimum absolute atomic E-state index is 0.232. The fourth-order valence-corrected chi connectivity index (χ4v) is 4.81. The molecule has 1 aromatic rings. The summed E-state index contributed by atoms with van der Waals surface area (Å²) < 4.78 is 39.9. The van der Waals surface area contributed by atoms with Gasteiger partial charge in [-0.2, -0.15) is 13.2 Å². The molecule has 3 aliphatic rings.